The lowest BCUT2D eigenvalue weighted by molar-refractivity contribution is -0.896. The molecule has 1 fully saturated rings. The van der Waals surface area contributed by atoms with Crippen LogP contribution in [0, 0.1) is 0 Å². The van der Waals surface area contributed by atoms with Crippen LogP contribution in [0.1, 0.15) is 12.5 Å². The Hall–Kier alpha value is -2.68. The number of benzene rings is 1. The van der Waals surface area contributed by atoms with E-state index in [1.165, 1.54) is 0 Å². The molecule has 0 bridgehead atoms. The van der Waals surface area contributed by atoms with Gasteiger partial charge in [0.25, 0.3) is 5.91 Å². The highest BCUT2D eigenvalue weighted by Crippen LogP contribution is 2.34. The predicted octanol–water partition coefficient (Wildman–Crippen LogP) is -0.314. The van der Waals surface area contributed by atoms with Crippen molar-refractivity contribution in [3.8, 4) is 17.2 Å². The molecular weight excluding hydrogens is 366 g/mol. The maximum Gasteiger partial charge on any atom is 0.410 e. The van der Waals surface area contributed by atoms with Crippen LogP contribution < -0.4 is 24.4 Å². The number of nitrogens with one attached hydrogen (secondary N) is 2. The Morgan fingerprint density at radius 1 is 1.04 bits per heavy atom. The lowest BCUT2D eigenvalue weighted by Crippen LogP contribution is -3.15. The molecule has 1 aromatic carbocycles. The van der Waals surface area contributed by atoms with Crippen LogP contribution in [0.5, 0.6) is 17.2 Å². The van der Waals surface area contributed by atoms with Crippen LogP contribution in [0.4, 0.5) is 4.79 Å². The molecule has 0 saturated carbocycles. The predicted molar refractivity (Wildman–Crippen MR) is 102 cm³/mol. The number of quaternary nitrogens is 1. The van der Waals surface area contributed by atoms with Crippen LogP contribution in [-0.4, -0.2) is 77.6 Å². The molecular formula is C19H30N3O6+. The quantitative estimate of drug-likeness (QED) is 0.626. The number of carbonyl (C=O) groups excluding carboxylic acids is 2. The standard InChI is InChI=1S/C19H29N3O6/c1-5-28-19(24)22-8-6-21(7-9-22)13-18(23)20-12-14-10-16(26-3)17(27-4)11-15(14)25-2/h10-11H,5-9,12-13H2,1-4H3,(H,20,23)/p+1. The minimum atomic E-state index is -0.286. The van der Waals surface area contributed by atoms with Crippen LogP contribution in [0.15, 0.2) is 12.1 Å². The van der Waals surface area contributed by atoms with Gasteiger partial charge in [0.2, 0.25) is 0 Å². The Morgan fingerprint density at radius 2 is 1.64 bits per heavy atom. The van der Waals surface area contributed by atoms with Gasteiger partial charge < -0.3 is 29.2 Å². The van der Waals surface area contributed by atoms with Crippen molar-refractivity contribution in [3.63, 3.8) is 0 Å². The van der Waals surface area contributed by atoms with Crippen molar-refractivity contribution in [2.45, 2.75) is 13.5 Å². The van der Waals surface area contributed by atoms with Crippen LogP contribution in [-0.2, 0) is 16.1 Å². The summed E-state index contributed by atoms with van der Waals surface area (Å²) in [7, 11) is 4.69. The van der Waals surface area contributed by atoms with Gasteiger partial charge in [0.15, 0.2) is 18.0 Å². The molecule has 0 aliphatic carbocycles. The van der Waals surface area contributed by atoms with Crippen molar-refractivity contribution >= 4 is 12.0 Å². The number of ether oxygens (including phenoxy) is 4. The third-order valence-corrected chi connectivity index (χ3v) is 4.67. The molecule has 0 aromatic heterocycles. The highest BCUT2D eigenvalue weighted by atomic mass is 16.6. The maximum absolute atomic E-state index is 12.3. The van der Waals surface area contributed by atoms with Crippen LogP contribution >= 0.6 is 0 Å². The second-order valence-electron chi connectivity index (χ2n) is 6.41. The van der Waals surface area contributed by atoms with Gasteiger partial charge in [0.05, 0.1) is 54.1 Å². The molecule has 2 rings (SSSR count). The fraction of sp³-hybridized carbons (Fsp3) is 0.579. The molecule has 0 atom stereocenters. The highest BCUT2D eigenvalue weighted by Gasteiger charge is 2.26. The minimum absolute atomic E-state index is 0.0589. The molecule has 1 saturated heterocycles. The van der Waals surface area contributed by atoms with Crippen molar-refractivity contribution in [1.82, 2.24) is 10.2 Å². The van der Waals surface area contributed by atoms with Crippen molar-refractivity contribution in [2.75, 3.05) is 60.7 Å². The summed E-state index contributed by atoms with van der Waals surface area (Å²) in [5.41, 5.74) is 0.802. The van der Waals surface area contributed by atoms with E-state index >= 15 is 0 Å². The van der Waals surface area contributed by atoms with Crippen molar-refractivity contribution in [1.29, 1.82) is 0 Å². The van der Waals surface area contributed by atoms with Gasteiger partial charge in [-0.2, -0.15) is 0 Å². The monoisotopic (exact) mass is 396 g/mol. The van der Waals surface area contributed by atoms with Gasteiger partial charge >= 0.3 is 6.09 Å². The molecule has 0 unspecified atom stereocenters. The lowest BCUT2D eigenvalue weighted by Gasteiger charge is -2.31. The summed E-state index contributed by atoms with van der Waals surface area (Å²) in [4.78, 5) is 26.9. The van der Waals surface area contributed by atoms with E-state index in [0.717, 1.165) is 10.5 Å². The van der Waals surface area contributed by atoms with E-state index in [1.807, 2.05) is 0 Å². The average Bonchev–Trinajstić information content (AvgIpc) is 2.72. The summed E-state index contributed by atoms with van der Waals surface area (Å²) in [6, 6.07) is 3.53. The van der Waals surface area contributed by atoms with Gasteiger partial charge in [0.1, 0.15) is 5.75 Å². The molecule has 1 aromatic rings. The summed E-state index contributed by atoms with van der Waals surface area (Å²) in [6.07, 6.45) is -0.286. The van der Waals surface area contributed by atoms with Gasteiger partial charge in [-0.05, 0) is 13.0 Å². The van der Waals surface area contributed by atoms with Crippen LogP contribution in [0.25, 0.3) is 0 Å². The second-order valence-corrected chi connectivity index (χ2v) is 6.41. The maximum atomic E-state index is 12.3. The fourth-order valence-corrected chi connectivity index (χ4v) is 3.11. The second kappa shape index (κ2) is 10.6. The number of rotatable bonds is 8. The van der Waals surface area contributed by atoms with Gasteiger partial charge in [0, 0.05) is 18.2 Å². The fourth-order valence-electron chi connectivity index (χ4n) is 3.11. The van der Waals surface area contributed by atoms with Gasteiger partial charge in [-0.1, -0.05) is 0 Å². The van der Waals surface area contributed by atoms with E-state index in [0.29, 0.717) is 63.1 Å². The normalized spacial score (nSPS) is 14.4. The third-order valence-electron chi connectivity index (χ3n) is 4.67. The Kier molecular flexibility index (Phi) is 8.19. The smallest absolute Gasteiger partial charge is 0.410 e. The largest absolute Gasteiger partial charge is 0.496 e. The lowest BCUT2D eigenvalue weighted by atomic mass is 10.1. The molecule has 2 N–H and O–H groups in total. The van der Waals surface area contributed by atoms with Crippen molar-refractivity contribution in [3.05, 3.63) is 17.7 Å². The number of carbonyl (C=O) groups is 2. The molecule has 9 nitrogen and oxygen atoms in total. The summed E-state index contributed by atoms with van der Waals surface area (Å²) in [5, 5.41) is 2.92. The Balaban J connectivity index is 1.85. The van der Waals surface area contributed by atoms with Crippen molar-refractivity contribution in [2.24, 2.45) is 0 Å². The minimum Gasteiger partial charge on any atom is -0.496 e. The van der Waals surface area contributed by atoms with E-state index in [9.17, 15) is 9.59 Å². The van der Waals surface area contributed by atoms with E-state index < -0.39 is 0 Å². The number of hydrogen-bond acceptors (Lipinski definition) is 6. The first-order valence-corrected chi connectivity index (χ1v) is 9.33. The molecule has 28 heavy (non-hydrogen) atoms. The summed E-state index contributed by atoms with van der Waals surface area (Å²) < 4.78 is 21.0. The number of methoxy groups -OCH3 is 3. The van der Waals surface area contributed by atoms with E-state index in [-0.39, 0.29) is 12.0 Å². The van der Waals surface area contributed by atoms with E-state index in [4.69, 9.17) is 18.9 Å². The summed E-state index contributed by atoms with van der Waals surface area (Å²) >= 11 is 0. The van der Waals surface area contributed by atoms with Gasteiger partial charge in [-0.3, -0.25) is 9.69 Å². The van der Waals surface area contributed by atoms with Crippen LogP contribution in [0.3, 0.4) is 0 Å². The Labute approximate surface area is 165 Å². The molecule has 9 heteroatoms. The SMILES string of the molecule is CCOC(=O)N1CC[NH+](CC(=O)NCc2cc(OC)c(OC)cc2OC)CC1. The molecule has 1 aliphatic rings. The number of hydrogen-bond donors (Lipinski definition) is 2. The topological polar surface area (TPSA) is 90.8 Å². The first-order chi connectivity index (χ1) is 13.5. The molecule has 2 amide bonds. The Morgan fingerprint density at radius 3 is 2.21 bits per heavy atom. The van der Waals surface area contributed by atoms with E-state index in [1.54, 1.807) is 45.3 Å². The summed E-state index contributed by atoms with van der Waals surface area (Å²) in [5.74, 6) is 1.70. The summed E-state index contributed by atoms with van der Waals surface area (Å²) in [6.45, 7) is 5.44. The zero-order chi connectivity index (χ0) is 20.5. The zero-order valence-corrected chi connectivity index (χ0v) is 17.0. The average molecular weight is 396 g/mol. The first kappa shape index (κ1) is 21.6. The Bertz CT molecular complexity index is 674. The third kappa shape index (κ3) is 5.66. The van der Waals surface area contributed by atoms with Gasteiger partial charge in [-0.25, -0.2) is 4.79 Å². The molecule has 156 valence electrons. The molecule has 1 aliphatic heterocycles. The van der Waals surface area contributed by atoms with Crippen LogP contribution in [0.2, 0.25) is 0 Å². The number of nitrogens with zero attached hydrogens (tertiary/aromatic N) is 1. The number of amides is 2. The molecule has 0 spiro atoms. The van der Waals surface area contributed by atoms with E-state index in [2.05, 4.69) is 5.32 Å². The molecule has 0 radical (unpaired) electrons. The highest BCUT2D eigenvalue weighted by molar-refractivity contribution is 5.77. The first-order valence-electron chi connectivity index (χ1n) is 9.33. The number of piperazine rings is 1. The molecule has 1 heterocycles. The van der Waals surface area contributed by atoms with Gasteiger partial charge in [-0.15, -0.1) is 0 Å². The van der Waals surface area contributed by atoms with Crippen molar-refractivity contribution < 1.29 is 33.4 Å². The zero-order valence-electron chi connectivity index (χ0n) is 17.0.